The molecule has 2 N–H and O–H groups in total. The van der Waals surface area contributed by atoms with Crippen molar-refractivity contribution in [1.29, 1.82) is 0 Å². The molecule has 3 aromatic rings. The van der Waals surface area contributed by atoms with Crippen LogP contribution in [-0.4, -0.2) is 67.2 Å². The van der Waals surface area contributed by atoms with Crippen molar-refractivity contribution >= 4 is 22.8 Å². The van der Waals surface area contributed by atoms with Gasteiger partial charge in [0.05, 0.1) is 25.3 Å². The van der Waals surface area contributed by atoms with Crippen molar-refractivity contribution in [2.75, 3.05) is 45.4 Å². The smallest absolute Gasteiger partial charge is 0.278 e. The average Bonchev–Trinajstić information content (AvgIpc) is 3.30. The number of benzene rings is 1. The summed E-state index contributed by atoms with van der Waals surface area (Å²) in [5, 5.41) is 4.82. The van der Waals surface area contributed by atoms with Gasteiger partial charge in [-0.15, -0.1) is 0 Å². The number of carbonyl (C=O) groups is 1. The lowest BCUT2D eigenvalue weighted by atomic mass is 9.97. The van der Waals surface area contributed by atoms with Crippen LogP contribution in [0.5, 0.6) is 11.5 Å². The normalized spacial score (nSPS) is 18.3. The molecule has 5 rings (SSSR count). The lowest BCUT2D eigenvalue weighted by molar-refractivity contribution is -0.186. The average molecular weight is 539 g/mol. The molecule has 2 aliphatic heterocycles. The van der Waals surface area contributed by atoms with Crippen LogP contribution in [0.2, 0.25) is 0 Å². The maximum atomic E-state index is 12.3. The molecule has 11 nitrogen and oxygen atoms in total. The number of aryl methyl sites for hydroxylation is 1. The van der Waals surface area contributed by atoms with Crippen LogP contribution in [0.1, 0.15) is 48.0 Å². The third kappa shape index (κ3) is 6.43. The number of fused-ring (bicyclic) bond motifs is 1. The predicted molar refractivity (Wildman–Crippen MR) is 147 cm³/mol. The third-order valence-corrected chi connectivity index (χ3v) is 7.54. The van der Waals surface area contributed by atoms with Crippen molar-refractivity contribution in [3.8, 4) is 11.5 Å². The summed E-state index contributed by atoms with van der Waals surface area (Å²) in [5.41, 5.74) is 5.16. The molecule has 210 valence electrons. The zero-order valence-electron chi connectivity index (χ0n) is 22.9. The maximum absolute atomic E-state index is 12.3. The number of ether oxygens (including phenoxy) is 3. The molecule has 2 fully saturated rings. The van der Waals surface area contributed by atoms with Gasteiger partial charge in [-0.05, 0) is 49.8 Å². The van der Waals surface area contributed by atoms with Crippen molar-refractivity contribution in [2.45, 2.75) is 44.9 Å². The number of methoxy groups -OCH3 is 2. The lowest BCUT2D eigenvalue weighted by Crippen LogP contribution is -2.38. The first kappa shape index (κ1) is 27.2. The van der Waals surface area contributed by atoms with Gasteiger partial charge in [0.1, 0.15) is 0 Å². The highest BCUT2D eigenvalue weighted by Gasteiger charge is 2.22. The Labute approximate surface area is 228 Å². The Hall–Kier alpha value is -3.41. The van der Waals surface area contributed by atoms with Crippen molar-refractivity contribution in [3.63, 3.8) is 0 Å². The minimum Gasteiger partial charge on any atom is -0.493 e. The van der Waals surface area contributed by atoms with Crippen LogP contribution >= 0.6 is 0 Å². The lowest BCUT2D eigenvalue weighted by Gasteiger charge is -2.32. The van der Waals surface area contributed by atoms with E-state index in [1.165, 1.54) is 10.9 Å². The van der Waals surface area contributed by atoms with E-state index in [9.17, 15) is 4.79 Å². The largest absolute Gasteiger partial charge is 0.493 e. The second-order valence-corrected chi connectivity index (χ2v) is 10.2. The Morgan fingerprint density at radius 3 is 2.51 bits per heavy atom. The molecule has 1 aromatic carbocycles. The van der Waals surface area contributed by atoms with Crippen LogP contribution in [-0.2, 0) is 23.2 Å². The third-order valence-electron chi connectivity index (χ3n) is 7.54. The number of hydroxylamine groups is 1. The molecule has 1 atom stereocenters. The van der Waals surface area contributed by atoms with Crippen LogP contribution in [0.3, 0.4) is 0 Å². The van der Waals surface area contributed by atoms with Crippen molar-refractivity contribution in [2.24, 2.45) is 13.0 Å². The number of carbonyl (C=O) groups excluding carboxylic acids is 1. The maximum Gasteiger partial charge on any atom is 0.278 e. The Morgan fingerprint density at radius 1 is 1.08 bits per heavy atom. The van der Waals surface area contributed by atoms with Gasteiger partial charge in [0.15, 0.2) is 17.8 Å². The molecule has 1 unspecified atom stereocenters. The quantitative estimate of drug-likeness (QED) is 0.376. The minimum absolute atomic E-state index is 0.359. The van der Waals surface area contributed by atoms with Crippen LogP contribution in [0.25, 0.3) is 10.9 Å². The molecule has 0 radical (unpaired) electrons. The molecule has 11 heteroatoms. The fourth-order valence-corrected chi connectivity index (χ4v) is 5.26. The first-order chi connectivity index (χ1) is 19.1. The number of hydrogen-bond donors (Lipinski definition) is 2. The van der Waals surface area contributed by atoms with Gasteiger partial charge < -0.3 is 29.0 Å². The number of nitrogens with zero attached hydrogens (tertiary/aromatic N) is 4. The summed E-state index contributed by atoms with van der Waals surface area (Å²) in [7, 11) is 5.37. The van der Waals surface area contributed by atoms with Crippen LogP contribution in [0.4, 0.5) is 5.95 Å². The van der Waals surface area contributed by atoms with E-state index in [4.69, 9.17) is 19.0 Å². The second kappa shape index (κ2) is 12.6. The number of anilines is 1. The Kier molecular flexibility index (Phi) is 8.80. The number of hydrogen-bond acceptors (Lipinski definition) is 9. The fourth-order valence-electron chi connectivity index (χ4n) is 5.26. The van der Waals surface area contributed by atoms with E-state index in [0.717, 1.165) is 75.3 Å². The van der Waals surface area contributed by atoms with Crippen molar-refractivity contribution in [3.05, 3.63) is 41.9 Å². The van der Waals surface area contributed by atoms with Gasteiger partial charge in [0.2, 0.25) is 5.95 Å². The van der Waals surface area contributed by atoms with E-state index in [1.54, 1.807) is 26.6 Å². The van der Waals surface area contributed by atoms with Gasteiger partial charge in [-0.25, -0.2) is 20.3 Å². The number of piperidine rings is 1. The molecule has 0 saturated carbocycles. The van der Waals surface area contributed by atoms with Crippen LogP contribution in [0, 0.1) is 5.92 Å². The SMILES string of the molecule is COc1cc2c(CNCC3CCN(c4ncc(C(=O)NOC5CCCCO5)cn4)CC3)cn(C)c2cc1OC. The van der Waals surface area contributed by atoms with Crippen LogP contribution in [0.15, 0.2) is 30.7 Å². The van der Waals surface area contributed by atoms with Gasteiger partial charge in [0, 0.05) is 69.8 Å². The summed E-state index contributed by atoms with van der Waals surface area (Å²) in [6.07, 6.45) is 9.79. The molecule has 1 amide bonds. The Morgan fingerprint density at radius 2 is 1.82 bits per heavy atom. The van der Waals surface area contributed by atoms with Gasteiger partial charge in [-0.1, -0.05) is 0 Å². The monoisotopic (exact) mass is 538 g/mol. The molecule has 0 aliphatic carbocycles. The van der Waals surface area contributed by atoms with Crippen molar-refractivity contribution in [1.82, 2.24) is 25.3 Å². The highest BCUT2D eigenvalue weighted by atomic mass is 16.8. The molecular weight excluding hydrogens is 500 g/mol. The molecular formula is C28H38N6O5. The number of aromatic nitrogens is 3. The highest BCUT2D eigenvalue weighted by molar-refractivity contribution is 5.92. The molecule has 2 aromatic heterocycles. The molecule has 2 aliphatic rings. The van der Waals surface area contributed by atoms with Crippen LogP contribution < -0.4 is 25.2 Å². The zero-order valence-corrected chi connectivity index (χ0v) is 22.9. The zero-order chi connectivity index (χ0) is 27.2. The molecule has 2 saturated heterocycles. The van der Waals surface area contributed by atoms with E-state index in [-0.39, 0.29) is 5.91 Å². The minimum atomic E-state index is -0.390. The van der Waals surface area contributed by atoms with E-state index >= 15 is 0 Å². The predicted octanol–water partition coefficient (Wildman–Crippen LogP) is 3.18. The number of amides is 1. The summed E-state index contributed by atoms with van der Waals surface area (Å²) in [6, 6.07) is 4.07. The summed E-state index contributed by atoms with van der Waals surface area (Å²) >= 11 is 0. The van der Waals surface area contributed by atoms with E-state index in [1.807, 2.05) is 6.07 Å². The highest BCUT2D eigenvalue weighted by Crippen LogP contribution is 2.34. The van der Waals surface area contributed by atoms with Gasteiger partial charge >= 0.3 is 0 Å². The molecule has 0 spiro atoms. The second-order valence-electron chi connectivity index (χ2n) is 10.2. The first-order valence-corrected chi connectivity index (χ1v) is 13.6. The summed E-state index contributed by atoms with van der Waals surface area (Å²) in [6.45, 7) is 4.15. The molecule has 4 heterocycles. The number of rotatable bonds is 10. The van der Waals surface area contributed by atoms with E-state index < -0.39 is 6.29 Å². The summed E-state index contributed by atoms with van der Waals surface area (Å²) < 4.78 is 18.6. The molecule has 39 heavy (non-hydrogen) atoms. The summed E-state index contributed by atoms with van der Waals surface area (Å²) in [4.78, 5) is 28.7. The standard InChI is InChI=1S/C28H38N6O5/c1-33-18-21(22-12-24(36-2)25(37-3)13-23(22)33)15-29-14-19-7-9-34(10-8-19)28-30-16-20(17-31-28)27(35)32-39-26-6-4-5-11-38-26/h12-13,16-19,26,29H,4-11,14-15H2,1-3H3,(H,32,35). The Bertz CT molecular complexity index is 1250. The van der Waals surface area contributed by atoms with E-state index in [0.29, 0.717) is 24.0 Å². The first-order valence-electron chi connectivity index (χ1n) is 13.6. The van der Waals surface area contributed by atoms with E-state index in [2.05, 4.69) is 49.5 Å². The van der Waals surface area contributed by atoms with Gasteiger partial charge in [0.25, 0.3) is 5.91 Å². The van der Waals surface area contributed by atoms with Gasteiger partial charge in [-0.2, -0.15) is 0 Å². The molecule has 0 bridgehead atoms. The summed E-state index contributed by atoms with van der Waals surface area (Å²) in [5.74, 6) is 2.33. The Balaban J connectivity index is 1.08. The van der Waals surface area contributed by atoms with Gasteiger partial charge in [-0.3, -0.25) is 4.79 Å². The number of nitrogens with one attached hydrogen (secondary N) is 2. The fraction of sp³-hybridized carbons (Fsp3) is 0.536. The topological polar surface area (TPSA) is 112 Å². The van der Waals surface area contributed by atoms with Crippen molar-refractivity contribution < 1.29 is 23.8 Å².